The molecule has 0 bridgehead atoms. The second-order valence-electron chi connectivity index (χ2n) is 7.67. The highest BCUT2D eigenvalue weighted by Crippen LogP contribution is 2.18. The summed E-state index contributed by atoms with van der Waals surface area (Å²) >= 11 is 0. The lowest BCUT2D eigenvalue weighted by Crippen LogP contribution is -2.51. The molecule has 3 N–H and O–H groups in total. The van der Waals surface area contributed by atoms with Crippen LogP contribution in [0.15, 0.2) is 0 Å². The Morgan fingerprint density at radius 1 is 1.05 bits per heavy atom. The molecule has 3 unspecified atom stereocenters. The third kappa shape index (κ3) is 7.60. The molecule has 1 amide bonds. The van der Waals surface area contributed by atoms with Gasteiger partial charge in [-0.15, -0.1) is 0 Å². The van der Waals surface area contributed by atoms with Crippen LogP contribution in [0.5, 0.6) is 0 Å². The van der Waals surface area contributed by atoms with E-state index in [1.165, 1.54) is 0 Å². The molecule has 3 atom stereocenters. The molecule has 0 aliphatic heterocycles. The van der Waals surface area contributed by atoms with Crippen LogP contribution in [-0.4, -0.2) is 23.8 Å². The Morgan fingerprint density at radius 2 is 1.57 bits per heavy atom. The Bertz CT molecular complexity index is 345. The zero-order chi connectivity index (χ0) is 16.8. The Morgan fingerprint density at radius 3 is 2.00 bits per heavy atom. The summed E-state index contributed by atoms with van der Waals surface area (Å²) in [7, 11) is 0. The van der Waals surface area contributed by atoms with Crippen LogP contribution in [0.1, 0.15) is 67.7 Å². The number of amides is 1. The van der Waals surface area contributed by atoms with Crippen molar-refractivity contribution in [2.24, 2.45) is 23.0 Å². The van der Waals surface area contributed by atoms with E-state index in [1.54, 1.807) is 6.92 Å². The van der Waals surface area contributed by atoms with E-state index in [4.69, 9.17) is 5.73 Å². The normalized spacial score (nSPS) is 16.4. The predicted octanol–water partition coefficient (Wildman–Crippen LogP) is 2.90. The Labute approximate surface area is 130 Å². The molecule has 4 nitrogen and oxygen atoms in total. The van der Waals surface area contributed by atoms with Gasteiger partial charge in [0.1, 0.15) is 0 Å². The Balaban J connectivity index is 4.35. The van der Waals surface area contributed by atoms with Crippen LogP contribution in [0.2, 0.25) is 0 Å². The number of carbonyl (C=O) groups is 2. The van der Waals surface area contributed by atoms with Crippen molar-refractivity contribution >= 4 is 11.7 Å². The van der Waals surface area contributed by atoms with Crippen LogP contribution in [0.4, 0.5) is 0 Å². The summed E-state index contributed by atoms with van der Waals surface area (Å²) in [6, 6.07) is -1.04. The van der Waals surface area contributed by atoms with Crippen LogP contribution in [0.3, 0.4) is 0 Å². The molecule has 124 valence electrons. The van der Waals surface area contributed by atoms with Gasteiger partial charge in [0.05, 0.1) is 12.1 Å². The van der Waals surface area contributed by atoms with Crippen LogP contribution >= 0.6 is 0 Å². The van der Waals surface area contributed by atoms with Gasteiger partial charge in [0, 0.05) is 5.41 Å². The number of nitrogens with one attached hydrogen (secondary N) is 1. The number of Topliss-reactive ketones (excluding diaryl/α,β-unsaturated/α-hetero) is 1. The van der Waals surface area contributed by atoms with Crippen LogP contribution in [-0.2, 0) is 9.59 Å². The van der Waals surface area contributed by atoms with Crippen molar-refractivity contribution in [3.8, 4) is 0 Å². The number of nitrogens with two attached hydrogens (primary N) is 1. The zero-order valence-electron chi connectivity index (χ0n) is 14.8. The summed E-state index contributed by atoms with van der Waals surface area (Å²) in [5.41, 5.74) is 5.55. The molecular formula is C17H34N2O2. The lowest BCUT2D eigenvalue weighted by Gasteiger charge is -2.25. The number of hydrogen-bond acceptors (Lipinski definition) is 3. The van der Waals surface area contributed by atoms with E-state index in [0.29, 0.717) is 5.92 Å². The van der Waals surface area contributed by atoms with Crippen molar-refractivity contribution in [1.29, 1.82) is 0 Å². The van der Waals surface area contributed by atoms with Gasteiger partial charge in [-0.2, -0.15) is 0 Å². The van der Waals surface area contributed by atoms with Crippen LogP contribution in [0, 0.1) is 17.3 Å². The first-order valence-corrected chi connectivity index (χ1v) is 8.07. The molecule has 0 fully saturated rings. The topological polar surface area (TPSA) is 72.2 Å². The van der Waals surface area contributed by atoms with Crippen molar-refractivity contribution in [3.05, 3.63) is 0 Å². The summed E-state index contributed by atoms with van der Waals surface area (Å²) < 4.78 is 0. The largest absolute Gasteiger partial charge is 0.345 e. The minimum atomic E-state index is -0.549. The maximum absolute atomic E-state index is 12.1. The third-order valence-corrected chi connectivity index (χ3v) is 3.85. The summed E-state index contributed by atoms with van der Waals surface area (Å²) in [5, 5.41) is 2.75. The standard InChI is InChI=1S/C17H34N2O2/c1-11(2)9-8-10-12(3)14(18)16(21)19-13(4)15(20)17(5,6)7/h11-14H,8-10,18H2,1-7H3,(H,19,21). The molecule has 0 aliphatic carbocycles. The second kappa shape index (κ2) is 8.52. The average Bonchev–Trinajstić information content (AvgIpc) is 2.34. The molecule has 21 heavy (non-hydrogen) atoms. The molecule has 0 saturated heterocycles. The fourth-order valence-corrected chi connectivity index (χ4v) is 2.31. The number of hydrogen-bond donors (Lipinski definition) is 2. The predicted molar refractivity (Wildman–Crippen MR) is 87.9 cm³/mol. The maximum atomic E-state index is 12.1. The average molecular weight is 298 g/mol. The monoisotopic (exact) mass is 298 g/mol. The highest BCUT2D eigenvalue weighted by Gasteiger charge is 2.29. The van der Waals surface area contributed by atoms with E-state index in [0.717, 1.165) is 19.3 Å². The second-order valence-corrected chi connectivity index (χ2v) is 7.67. The Hall–Kier alpha value is -0.900. The molecule has 0 aromatic heterocycles. The van der Waals surface area contributed by atoms with Gasteiger partial charge >= 0.3 is 0 Å². The third-order valence-electron chi connectivity index (χ3n) is 3.85. The van der Waals surface area contributed by atoms with Crippen molar-refractivity contribution in [3.63, 3.8) is 0 Å². The number of carbonyl (C=O) groups excluding carboxylic acids is 2. The molecule has 0 aliphatic rings. The Kier molecular flexibility index (Phi) is 8.16. The molecule has 0 aromatic carbocycles. The van der Waals surface area contributed by atoms with Crippen molar-refractivity contribution in [1.82, 2.24) is 5.32 Å². The molecule has 0 radical (unpaired) electrons. The van der Waals surface area contributed by atoms with Crippen molar-refractivity contribution in [2.45, 2.75) is 79.8 Å². The van der Waals surface area contributed by atoms with Crippen molar-refractivity contribution < 1.29 is 9.59 Å². The highest BCUT2D eigenvalue weighted by atomic mass is 16.2. The molecule has 0 spiro atoms. The number of rotatable bonds is 8. The molecule has 4 heteroatoms. The van der Waals surface area contributed by atoms with E-state index in [9.17, 15) is 9.59 Å². The van der Waals surface area contributed by atoms with Crippen LogP contribution < -0.4 is 11.1 Å². The fourth-order valence-electron chi connectivity index (χ4n) is 2.31. The molecular weight excluding hydrogens is 264 g/mol. The van der Waals surface area contributed by atoms with E-state index in [2.05, 4.69) is 19.2 Å². The number of ketones is 1. The molecule has 0 heterocycles. The van der Waals surface area contributed by atoms with Gasteiger partial charge in [-0.3, -0.25) is 9.59 Å². The first kappa shape index (κ1) is 20.1. The minimum Gasteiger partial charge on any atom is -0.345 e. The summed E-state index contributed by atoms with van der Waals surface area (Å²) in [5.74, 6) is 0.597. The zero-order valence-corrected chi connectivity index (χ0v) is 14.8. The highest BCUT2D eigenvalue weighted by molar-refractivity contribution is 5.93. The van der Waals surface area contributed by atoms with Gasteiger partial charge in [0.2, 0.25) is 5.91 Å². The fraction of sp³-hybridized carbons (Fsp3) is 0.882. The van der Waals surface area contributed by atoms with Gasteiger partial charge in [0.15, 0.2) is 5.78 Å². The maximum Gasteiger partial charge on any atom is 0.237 e. The molecule has 0 rings (SSSR count). The lowest BCUT2D eigenvalue weighted by atomic mass is 9.86. The smallest absolute Gasteiger partial charge is 0.237 e. The van der Waals surface area contributed by atoms with E-state index < -0.39 is 17.5 Å². The summed E-state index contributed by atoms with van der Waals surface area (Å²) in [6.07, 6.45) is 3.17. The van der Waals surface area contributed by atoms with Gasteiger partial charge in [-0.25, -0.2) is 0 Å². The molecule has 0 saturated carbocycles. The van der Waals surface area contributed by atoms with E-state index in [1.807, 2.05) is 27.7 Å². The summed E-state index contributed by atoms with van der Waals surface area (Å²) in [6.45, 7) is 13.7. The van der Waals surface area contributed by atoms with Gasteiger partial charge in [-0.1, -0.05) is 54.4 Å². The van der Waals surface area contributed by atoms with E-state index >= 15 is 0 Å². The summed E-state index contributed by atoms with van der Waals surface area (Å²) in [4.78, 5) is 24.2. The SMILES string of the molecule is CC(C)CCCC(C)C(N)C(=O)NC(C)C(=O)C(C)(C)C. The van der Waals surface area contributed by atoms with Crippen molar-refractivity contribution in [2.75, 3.05) is 0 Å². The first-order chi connectivity index (χ1) is 9.46. The first-order valence-electron chi connectivity index (χ1n) is 8.07. The van der Waals surface area contributed by atoms with Gasteiger partial charge < -0.3 is 11.1 Å². The van der Waals surface area contributed by atoms with Crippen LogP contribution in [0.25, 0.3) is 0 Å². The molecule has 0 aromatic rings. The minimum absolute atomic E-state index is 0.0236. The van der Waals surface area contributed by atoms with Gasteiger partial charge in [-0.05, 0) is 25.2 Å². The van der Waals surface area contributed by atoms with E-state index in [-0.39, 0.29) is 17.6 Å². The quantitative estimate of drug-likeness (QED) is 0.723. The van der Waals surface area contributed by atoms with Gasteiger partial charge in [0.25, 0.3) is 0 Å². The lowest BCUT2D eigenvalue weighted by molar-refractivity contribution is -0.132.